The van der Waals surface area contributed by atoms with Gasteiger partial charge in [0.2, 0.25) is 11.8 Å². The van der Waals surface area contributed by atoms with Crippen molar-refractivity contribution in [2.75, 3.05) is 6.54 Å². The van der Waals surface area contributed by atoms with Gasteiger partial charge in [-0.25, -0.2) is 0 Å². The van der Waals surface area contributed by atoms with Crippen LogP contribution in [0.3, 0.4) is 0 Å². The summed E-state index contributed by atoms with van der Waals surface area (Å²) in [5.74, 6) is 0.0845. The Kier molecular flexibility index (Phi) is 2.65. The zero-order chi connectivity index (χ0) is 11.0. The van der Waals surface area contributed by atoms with E-state index in [4.69, 9.17) is 11.5 Å². The molecule has 1 saturated carbocycles. The molecular weight excluding hydrogens is 194 g/mol. The number of nitrogens with two attached hydrogens (primary N) is 2. The van der Waals surface area contributed by atoms with E-state index < -0.39 is 5.91 Å². The summed E-state index contributed by atoms with van der Waals surface area (Å²) in [6, 6.07) is -0.421. The molecule has 1 heterocycles. The molecule has 2 atom stereocenters. The number of carbonyl (C=O) groups is 2. The van der Waals surface area contributed by atoms with Crippen molar-refractivity contribution in [3.63, 3.8) is 0 Å². The number of nitrogens with zero attached hydrogens (tertiary/aromatic N) is 1. The van der Waals surface area contributed by atoms with E-state index in [-0.39, 0.29) is 18.0 Å². The number of carbonyl (C=O) groups excluding carboxylic acids is 2. The third kappa shape index (κ3) is 2.12. The molecule has 1 aliphatic carbocycles. The maximum atomic E-state index is 11.7. The lowest BCUT2D eigenvalue weighted by molar-refractivity contribution is -0.146. The first-order valence-corrected chi connectivity index (χ1v) is 5.44. The van der Waals surface area contributed by atoms with Crippen LogP contribution >= 0.6 is 0 Å². The van der Waals surface area contributed by atoms with Gasteiger partial charge in [0.25, 0.3) is 0 Å². The summed E-state index contributed by atoms with van der Waals surface area (Å²) >= 11 is 0. The van der Waals surface area contributed by atoms with Crippen molar-refractivity contribution in [2.45, 2.75) is 37.8 Å². The fourth-order valence-corrected chi connectivity index (χ4v) is 1.99. The minimum absolute atomic E-state index is 0.0237. The highest BCUT2D eigenvalue weighted by Gasteiger charge is 2.38. The molecule has 2 rings (SSSR count). The van der Waals surface area contributed by atoms with Crippen LogP contribution in [0.4, 0.5) is 0 Å². The highest BCUT2D eigenvalue weighted by molar-refractivity contribution is 5.88. The standard InChI is InChI=1S/C10H17N3O2/c11-7(6-1-2-6)5-9(14)13-4-3-8(13)10(12)15/h6-8H,1-5,11H2,(H2,12,15). The largest absolute Gasteiger partial charge is 0.368 e. The van der Waals surface area contributed by atoms with E-state index in [0.29, 0.717) is 25.3 Å². The fraction of sp³-hybridized carbons (Fsp3) is 0.800. The number of likely N-dealkylation sites (tertiary alicyclic amines) is 1. The maximum Gasteiger partial charge on any atom is 0.240 e. The molecule has 0 aromatic heterocycles. The Labute approximate surface area is 88.8 Å². The number of amides is 2. The zero-order valence-corrected chi connectivity index (χ0v) is 8.69. The summed E-state index contributed by atoms with van der Waals surface area (Å²) in [5, 5.41) is 0. The Bertz CT molecular complexity index is 288. The molecule has 2 aliphatic rings. The summed E-state index contributed by atoms with van der Waals surface area (Å²) in [4.78, 5) is 24.2. The quantitative estimate of drug-likeness (QED) is 0.638. The van der Waals surface area contributed by atoms with Crippen molar-refractivity contribution in [3.05, 3.63) is 0 Å². The van der Waals surface area contributed by atoms with Gasteiger partial charge >= 0.3 is 0 Å². The highest BCUT2D eigenvalue weighted by Crippen LogP contribution is 2.33. The molecular formula is C10H17N3O2. The molecule has 5 nitrogen and oxygen atoms in total. The molecule has 2 unspecified atom stereocenters. The summed E-state index contributed by atoms with van der Waals surface area (Å²) < 4.78 is 0. The molecule has 4 N–H and O–H groups in total. The Morgan fingerprint density at radius 2 is 2.00 bits per heavy atom. The van der Waals surface area contributed by atoms with E-state index in [1.807, 2.05) is 0 Å². The molecule has 0 bridgehead atoms. The molecule has 15 heavy (non-hydrogen) atoms. The number of rotatable bonds is 4. The van der Waals surface area contributed by atoms with Crippen LogP contribution in [0.25, 0.3) is 0 Å². The topological polar surface area (TPSA) is 89.4 Å². The van der Waals surface area contributed by atoms with E-state index in [1.54, 1.807) is 4.90 Å². The minimum Gasteiger partial charge on any atom is -0.368 e. The van der Waals surface area contributed by atoms with Crippen LogP contribution in [0.2, 0.25) is 0 Å². The van der Waals surface area contributed by atoms with Crippen molar-refractivity contribution >= 4 is 11.8 Å². The second-order valence-corrected chi connectivity index (χ2v) is 4.50. The van der Waals surface area contributed by atoms with E-state index in [1.165, 1.54) is 0 Å². The molecule has 2 fully saturated rings. The lowest BCUT2D eigenvalue weighted by atomic mass is 10.00. The second-order valence-electron chi connectivity index (χ2n) is 4.50. The lowest BCUT2D eigenvalue weighted by Gasteiger charge is -2.39. The smallest absolute Gasteiger partial charge is 0.240 e. The third-order valence-electron chi connectivity index (χ3n) is 3.31. The summed E-state index contributed by atoms with van der Waals surface area (Å²) in [7, 11) is 0. The normalized spacial score (nSPS) is 27.0. The maximum absolute atomic E-state index is 11.7. The van der Waals surface area contributed by atoms with Gasteiger partial charge in [0.15, 0.2) is 0 Å². The van der Waals surface area contributed by atoms with Gasteiger partial charge in [-0.15, -0.1) is 0 Å². The summed E-state index contributed by atoms with van der Waals surface area (Å²) in [6.07, 6.45) is 3.32. The predicted molar refractivity (Wildman–Crippen MR) is 54.6 cm³/mol. The van der Waals surface area contributed by atoms with Gasteiger partial charge in [-0.1, -0.05) is 0 Å². The fourth-order valence-electron chi connectivity index (χ4n) is 1.99. The number of hydrogen-bond acceptors (Lipinski definition) is 3. The van der Waals surface area contributed by atoms with Gasteiger partial charge in [-0.2, -0.15) is 0 Å². The van der Waals surface area contributed by atoms with E-state index in [0.717, 1.165) is 12.8 Å². The molecule has 5 heteroatoms. The Hall–Kier alpha value is -1.10. The SMILES string of the molecule is NC(=O)C1CCN1C(=O)CC(N)C1CC1. The van der Waals surface area contributed by atoms with E-state index in [9.17, 15) is 9.59 Å². The predicted octanol–water partition coefficient (Wildman–Crippen LogP) is -0.800. The Morgan fingerprint density at radius 3 is 2.40 bits per heavy atom. The molecule has 1 aliphatic heterocycles. The first-order valence-electron chi connectivity index (χ1n) is 5.44. The average molecular weight is 211 g/mol. The molecule has 2 amide bonds. The summed E-state index contributed by atoms with van der Waals surface area (Å²) in [5.41, 5.74) is 11.0. The van der Waals surface area contributed by atoms with Crippen molar-refractivity contribution < 1.29 is 9.59 Å². The first-order chi connectivity index (χ1) is 7.09. The van der Waals surface area contributed by atoms with Crippen molar-refractivity contribution in [1.82, 2.24) is 4.90 Å². The van der Waals surface area contributed by atoms with Crippen LogP contribution in [0, 0.1) is 5.92 Å². The number of primary amides is 1. The van der Waals surface area contributed by atoms with Gasteiger partial charge in [-0.3, -0.25) is 9.59 Å². The van der Waals surface area contributed by atoms with Crippen LogP contribution in [0.15, 0.2) is 0 Å². The monoisotopic (exact) mass is 211 g/mol. The molecule has 0 aromatic carbocycles. The van der Waals surface area contributed by atoms with Crippen LogP contribution in [-0.4, -0.2) is 35.3 Å². The summed E-state index contributed by atoms with van der Waals surface area (Å²) in [6.45, 7) is 0.643. The van der Waals surface area contributed by atoms with Crippen molar-refractivity contribution in [1.29, 1.82) is 0 Å². The van der Waals surface area contributed by atoms with Crippen molar-refractivity contribution in [3.8, 4) is 0 Å². The van der Waals surface area contributed by atoms with Crippen LogP contribution in [0.1, 0.15) is 25.7 Å². The second kappa shape index (κ2) is 3.81. The third-order valence-corrected chi connectivity index (χ3v) is 3.31. The van der Waals surface area contributed by atoms with Gasteiger partial charge in [0.05, 0.1) is 0 Å². The average Bonchev–Trinajstić information content (AvgIpc) is 2.80. The van der Waals surface area contributed by atoms with Gasteiger partial charge in [0, 0.05) is 19.0 Å². The Balaban J connectivity index is 1.82. The van der Waals surface area contributed by atoms with Crippen LogP contribution < -0.4 is 11.5 Å². The zero-order valence-electron chi connectivity index (χ0n) is 8.69. The van der Waals surface area contributed by atoms with Crippen LogP contribution in [-0.2, 0) is 9.59 Å². The number of hydrogen-bond donors (Lipinski definition) is 2. The van der Waals surface area contributed by atoms with Gasteiger partial charge < -0.3 is 16.4 Å². The lowest BCUT2D eigenvalue weighted by Crippen LogP contribution is -2.58. The van der Waals surface area contributed by atoms with E-state index >= 15 is 0 Å². The molecule has 0 aromatic rings. The molecule has 84 valence electrons. The minimum atomic E-state index is -0.408. The molecule has 1 saturated heterocycles. The molecule has 0 spiro atoms. The highest BCUT2D eigenvalue weighted by atomic mass is 16.2. The van der Waals surface area contributed by atoms with Crippen LogP contribution in [0.5, 0.6) is 0 Å². The van der Waals surface area contributed by atoms with Gasteiger partial charge in [-0.05, 0) is 25.2 Å². The van der Waals surface area contributed by atoms with E-state index in [2.05, 4.69) is 0 Å². The van der Waals surface area contributed by atoms with Crippen molar-refractivity contribution in [2.24, 2.45) is 17.4 Å². The molecule has 0 radical (unpaired) electrons. The first kappa shape index (κ1) is 10.4. The van der Waals surface area contributed by atoms with Gasteiger partial charge in [0.1, 0.15) is 6.04 Å². The Morgan fingerprint density at radius 1 is 1.33 bits per heavy atom.